The molecule has 0 radical (unpaired) electrons. The van der Waals surface area contributed by atoms with E-state index in [0.717, 1.165) is 17.7 Å². The van der Waals surface area contributed by atoms with Crippen molar-refractivity contribution in [3.8, 4) is 5.75 Å². The second-order valence-electron chi connectivity index (χ2n) is 4.48. The molecule has 1 unspecified atom stereocenters. The van der Waals surface area contributed by atoms with Crippen molar-refractivity contribution < 1.29 is 9.53 Å². The molecule has 2 aromatic carbocycles. The molecule has 104 valence electrons. The second-order valence-corrected chi connectivity index (χ2v) is 5.46. The first kappa shape index (κ1) is 14.7. The van der Waals surface area contributed by atoms with Gasteiger partial charge in [-0.15, -0.1) is 0 Å². The van der Waals surface area contributed by atoms with Crippen LogP contribution in [0, 0.1) is 0 Å². The van der Waals surface area contributed by atoms with Crippen LogP contribution in [-0.2, 0) is 4.79 Å². The summed E-state index contributed by atoms with van der Waals surface area (Å²) in [4.78, 5) is 12.4. The predicted molar refractivity (Wildman–Crippen MR) is 84.3 cm³/mol. The van der Waals surface area contributed by atoms with E-state index in [1.54, 1.807) is 23.9 Å². The lowest BCUT2D eigenvalue weighted by atomic mass is 9.97. The molecule has 20 heavy (non-hydrogen) atoms. The molecule has 0 saturated heterocycles. The summed E-state index contributed by atoms with van der Waals surface area (Å²) in [6, 6.07) is 19.1. The highest BCUT2D eigenvalue weighted by molar-refractivity contribution is 7.98. The van der Waals surface area contributed by atoms with Gasteiger partial charge in [0, 0.05) is 0 Å². The average Bonchev–Trinajstić information content (AvgIpc) is 2.50. The minimum absolute atomic E-state index is 0.184. The predicted octanol–water partition coefficient (Wildman–Crippen LogP) is 4.13. The maximum atomic E-state index is 12.4. The average molecular weight is 286 g/mol. The van der Waals surface area contributed by atoms with Crippen LogP contribution in [-0.4, -0.2) is 18.0 Å². The highest BCUT2D eigenvalue weighted by Crippen LogP contribution is 2.24. The first-order chi connectivity index (χ1) is 9.81. The highest BCUT2D eigenvalue weighted by atomic mass is 32.2. The van der Waals surface area contributed by atoms with Gasteiger partial charge >= 0.3 is 5.97 Å². The summed E-state index contributed by atoms with van der Waals surface area (Å²) < 4.78 is 5.48. The minimum Gasteiger partial charge on any atom is -0.426 e. The van der Waals surface area contributed by atoms with E-state index in [0.29, 0.717) is 5.75 Å². The first-order valence-electron chi connectivity index (χ1n) is 6.62. The minimum atomic E-state index is -0.205. The molecule has 3 heteroatoms. The lowest BCUT2D eigenvalue weighted by molar-refractivity contribution is -0.136. The molecule has 0 amide bonds. The fourth-order valence-electron chi connectivity index (χ4n) is 2.02. The Bertz CT molecular complexity index is 525. The zero-order valence-corrected chi connectivity index (χ0v) is 12.3. The Morgan fingerprint density at radius 1 is 1.05 bits per heavy atom. The van der Waals surface area contributed by atoms with Gasteiger partial charge in [-0.1, -0.05) is 48.5 Å². The van der Waals surface area contributed by atoms with Gasteiger partial charge in [-0.2, -0.15) is 11.8 Å². The molecule has 2 rings (SSSR count). The normalized spacial score (nSPS) is 11.8. The molecular weight excluding hydrogens is 268 g/mol. The number of ether oxygens (including phenoxy) is 1. The van der Waals surface area contributed by atoms with Crippen LogP contribution in [0.25, 0.3) is 0 Å². The molecule has 2 nitrogen and oxygen atoms in total. The quantitative estimate of drug-likeness (QED) is 0.590. The maximum absolute atomic E-state index is 12.4. The monoisotopic (exact) mass is 286 g/mol. The van der Waals surface area contributed by atoms with E-state index in [4.69, 9.17) is 4.74 Å². The maximum Gasteiger partial charge on any atom is 0.318 e. The first-order valence-corrected chi connectivity index (χ1v) is 8.01. The number of esters is 1. The third kappa shape index (κ3) is 4.14. The summed E-state index contributed by atoms with van der Waals surface area (Å²) in [5.74, 6) is 1.14. The number of hydrogen-bond donors (Lipinski definition) is 0. The second kappa shape index (κ2) is 7.75. The summed E-state index contributed by atoms with van der Waals surface area (Å²) >= 11 is 1.74. The zero-order valence-electron chi connectivity index (χ0n) is 11.5. The summed E-state index contributed by atoms with van der Waals surface area (Å²) in [6.45, 7) is 0. The SMILES string of the molecule is CSCCC(C(=O)Oc1ccccc1)c1ccccc1. The molecule has 0 saturated carbocycles. The third-order valence-electron chi connectivity index (χ3n) is 3.06. The van der Waals surface area contributed by atoms with Crippen molar-refractivity contribution in [3.63, 3.8) is 0 Å². The molecule has 0 fully saturated rings. The molecule has 0 aromatic heterocycles. The molecule has 0 aliphatic heterocycles. The van der Waals surface area contributed by atoms with Gasteiger partial charge < -0.3 is 4.74 Å². The lowest BCUT2D eigenvalue weighted by Crippen LogP contribution is -2.19. The number of rotatable bonds is 6. The van der Waals surface area contributed by atoms with Gasteiger partial charge in [-0.25, -0.2) is 0 Å². The number of benzene rings is 2. The van der Waals surface area contributed by atoms with Gasteiger partial charge in [-0.3, -0.25) is 4.79 Å². The lowest BCUT2D eigenvalue weighted by Gasteiger charge is -2.15. The molecule has 0 N–H and O–H groups in total. The molecule has 0 bridgehead atoms. The number of thioether (sulfide) groups is 1. The molecule has 1 atom stereocenters. The largest absolute Gasteiger partial charge is 0.426 e. The van der Waals surface area contributed by atoms with Crippen LogP contribution in [0.5, 0.6) is 5.75 Å². The van der Waals surface area contributed by atoms with Crippen LogP contribution in [0.15, 0.2) is 60.7 Å². The third-order valence-corrected chi connectivity index (χ3v) is 3.70. The van der Waals surface area contributed by atoms with Crippen LogP contribution in [0.4, 0.5) is 0 Å². The fourth-order valence-corrected chi connectivity index (χ4v) is 2.49. The van der Waals surface area contributed by atoms with Gasteiger partial charge in [-0.05, 0) is 36.1 Å². The summed E-state index contributed by atoms with van der Waals surface area (Å²) in [5, 5.41) is 0. The Morgan fingerprint density at radius 3 is 2.25 bits per heavy atom. The molecule has 0 spiro atoms. The standard InChI is InChI=1S/C17H18O2S/c1-20-13-12-16(14-8-4-2-5-9-14)17(18)19-15-10-6-3-7-11-15/h2-11,16H,12-13H2,1H3. The Labute approximate surface area is 124 Å². The van der Waals surface area contributed by atoms with Crippen LogP contribution >= 0.6 is 11.8 Å². The van der Waals surface area contributed by atoms with Gasteiger partial charge in [0.1, 0.15) is 5.75 Å². The molecule has 0 aliphatic carbocycles. The molecule has 0 heterocycles. The summed E-state index contributed by atoms with van der Waals surface area (Å²) in [6.07, 6.45) is 2.83. The van der Waals surface area contributed by atoms with Gasteiger partial charge in [0.25, 0.3) is 0 Å². The van der Waals surface area contributed by atoms with E-state index >= 15 is 0 Å². The summed E-state index contributed by atoms with van der Waals surface area (Å²) in [7, 11) is 0. The smallest absolute Gasteiger partial charge is 0.318 e. The Balaban J connectivity index is 2.12. The van der Waals surface area contributed by atoms with Crippen molar-refractivity contribution in [2.45, 2.75) is 12.3 Å². The van der Waals surface area contributed by atoms with Crippen molar-refractivity contribution in [1.82, 2.24) is 0 Å². The van der Waals surface area contributed by atoms with Crippen LogP contribution < -0.4 is 4.74 Å². The van der Waals surface area contributed by atoms with Crippen LogP contribution in [0.3, 0.4) is 0 Å². The van der Waals surface area contributed by atoms with E-state index in [2.05, 4.69) is 0 Å². The van der Waals surface area contributed by atoms with E-state index < -0.39 is 0 Å². The Morgan fingerprint density at radius 2 is 1.65 bits per heavy atom. The van der Waals surface area contributed by atoms with Crippen LogP contribution in [0.2, 0.25) is 0 Å². The Hall–Kier alpha value is -1.74. The van der Waals surface area contributed by atoms with Gasteiger partial charge in [0.2, 0.25) is 0 Å². The van der Waals surface area contributed by atoms with Gasteiger partial charge in [0.15, 0.2) is 0 Å². The van der Waals surface area contributed by atoms with Crippen LogP contribution in [0.1, 0.15) is 17.9 Å². The van der Waals surface area contributed by atoms with E-state index in [-0.39, 0.29) is 11.9 Å². The van der Waals surface area contributed by atoms with E-state index in [9.17, 15) is 4.79 Å². The van der Waals surface area contributed by atoms with Crippen molar-refractivity contribution in [1.29, 1.82) is 0 Å². The number of carbonyl (C=O) groups is 1. The Kier molecular flexibility index (Phi) is 5.69. The number of carbonyl (C=O) groups excluding carboxylic acids is 1. The number of para-hydroxylation sites is 1. The van der Waals surface area contributed by atoms with E-state index in [1.807, 2.05) is 54.8 Å². The van der Waals surface area contributed by atoms with Crippen molar-refractivity contribution in [2.75, 3.05) is 12.0 Å². The summed E-state index contributed by atoms with van der Waals surface area (Å²) in [5.41, 5.74) is 1.02. The van der Waals surface area contributed by atoms with Crippen molar-refractivity contribution >= 4 is 17.7 Å². The number of hydrogen-bond acceptors (Lipinski definition) is 3. The highest BCUT2D eigenvalue weighted by Gasteiger charge is 2.22. The van der Waals surface area contributed by atoms with Crippen molar-refractivity contribution in [2.24, 2.45) is 0 Å². The molecule has 0 aliphatic rings. The van der Waals surface area contributed by atoms with Gasteiger partial charge in [0.05, 0.1) is 5.92 Å². The fraction of sp³-hybridized carbons (Fsp3) is 0.235. The zero-order chi connectivity index (χ0) is 14.2. The molecule has 2 aromatic rings. The topological polar surface area (TPSA) is 26.3 Å². The van der Waals surface area contributed by atoms with E-state index in [1.165, 1.54) is 0 Å². The van der Waals surface area contributed by atoms with Crippen molar-refractivity contribution in [3.05, 3.63) is 66.2 Å². The molecular formula is C17H18O2S.